The van der Waals surface area contributed by atoms with Crippen LogP contribution in [0.1, 0.15) is 16.8 Å². The zero-order valence-corrected chi connectivity index (χ0v) is 10.8. The second-order valence-corrected chi connectivity index (χ2v) is 4.03. The van der Waals surface area contributed by atoms with E-state index >= 15 is 0 Å². The number of hydrogen-bond acceptors (Lipinski definition) is 5. The van der Waals surface area contributed by atoms with E-state index in [4.69, 9.17) is 16.7 Å². The third-order valence-corrected chi connectivity index (χ3v) is 2.41. The number of Topliss-reactive ketones (excluding diaryl/α,β-unsaturated/α-hetero) is 1. The summed E-state index contributed by atoms with van der Waals surface area (Å²) in [6, 6.07) is 6.14. The number of carbonyl (C=O) groups excluding carboxylic acids is 3. The standard InChI is InChI=1S/C13H11ClO5/c1-19-13(18)12(17)7-10(15)6-11(16)8-3-2-4-9(14)5-8/h2-5,7,17H,6H2,1H3/b12-7-. The van der Waals surface area contributed by atoms with Crippen molar-refractivity contribution in [2.24, 2.45) is 0 Å². The van der Waals surface area contributed by atoms with Crippen molar-refractivity contribution in [3.63, 3.8) is 0 Å². The molecular formula is C13H11ClO5. The second kappa shape index (κ2) is 6.70. The van der Waals surface area contributed by atoms with Gasteiger partial charge in [-0.3, -0.25) is 9.59 Å². The molecule has 0 aliphatic rings. The molecule has 0 unspecified atom stereocenters. The number of benzene rings is 1. The molecule has 1 N–H and O–H groups in total. The highest BCUT2D eigenvalue weighted by Gasteiger charge is 2.14. The van der Waals surface area contributed by atoms with Crippen LogP contribution in [0.25, 0.3) is 0 Å². The smallest absolute Gasteiger partial charge is 0.373 e. The monoisotopic (exact) mass is 282 g/mol. The van der Waals surface area contributed by atoms with E-state index in [1.807, 2.05) is 0 Å². The Morgan fingerprint density at radius 2 is 2.05 bits per heavy atom. The number of esters is 1. The Kier molecular flexibility index (Phi) is 5.26. The van der Waals surface area contributed by atoms with Gasteiger partial charge in [-0.1, -0.05) is 23.7 Å². The number of ketones is 2. The minimum atomic E-state index is -1.04. The van der Waals surface area contributed by atoms with Crippen molar-refractivity contribution in [2.45, 2.75) is 6.42 Å². The van der Waals surface area contributed by atoms with Gasteiger partial charge < -0.3 is 9.84 Å². The maximum atomic E-state index is 11.7. The predicted molar refractivity (Wildman–Crippen MR) is 68.1 cm³/mol. The highest BCUT2D eigenvalue weighted by molar-refractivity contribution is 6.31. The first-order chi connectivity index (χ1) is 8.93. The van der Waals surface area contributed by atoms with Gasteiger partial charge in [-0.25, -0.2) is 4.79 Å². The minimum absolute atomic E-state index is 0.284. The summed E-state index contributed by atoms with van der Waals surface area (Å²) >= 11 is 5.72. The average molecular weight is 283 g/mol. The van der Waals surface area contributed by atoms with Gasteiger partial charge in [-0.2, -0.15) is 0 Å². The lowest BCUT2D eigenvalue weighted by Crippen LogP contribution is -2.10. The van der Waals surface area contributed by atoms with Crippen molar-refractivity contribution in [1.29, 1.82) is 0 Å². The summed E-state index contributed by atoms with van der Waals surface area (Å²) in [7, 11) is 1.06. The van der Waals surface area contributed by atoms with Crippen LogP contribution in [0, 0.1) is 0 Å². The molecule has 0 amide bonds. The van der Waals surface area contributed by atoms with E-state index in [2.05, 4.69) is 4.74 Å². The third-order valence-electron chi connectivity index (χ3n) is 2.17. The molecule has 1 aromatic carbocycles. The molecular weight excluding hydrogens is 272 g/mol. The number of rotatable bonds is 5. The van der Waals surface area contributed by atoms with Gasteiger partial charge in [0.25, 0.3) is 0 Å². The van der Waals surface area contributed by atoms with Crippen LogP contribution in [0.5, 0.6) is 0 Å². The van der Waals surface area contributed by atoms with E-state index in [0.717, 1.165) is 7.11 Å². The molecule has 19 heavy (non-hydrogen) atoms. The van der Waals surface area contributed by atoms with Gasteiger partial charge in [-0.05, 0) is 12.1 Å². The Morgan fingerprint density at radius 3 is 2.63 bits per heavy atom. The summed E-state index contributed by atoms with van der Waals surface area (Å²) in [4.78, 5) is 34.0. The van der Waals surface area contributed by atoms with Crippen LogP contribution >= 0.6 is 11.6 Å². The summed E-state index contributed by atoms with van der Waals surface area (Å²) < 4.78 is 4.21. The molecule has 1 aromatic rings. The molecule has 1 rings (SSSR count). The summed E-state index contributed by atoms with van der Waals surface area (Å²) in [5.41, 5.74) is 0.284. The number of hydrogen-bond donors (Lipinski definition) is 1. The number of allylic oxidation sites excluding steroid dienone is 1. The van der Waals surface area contributed by atoms with E-state index in [0.29, 0.717) is 11.1 Å². The van der Waals surface area contributed by atoms with E-state index in [1.54, 1.807) is 12.1 Å². The van der Waals surface area contributed by atoms with Crippen LogP contribution in [0.2, 0.25) is 5.02 Å². The quantitative estimate of drug-likeness (QED) is 0.294. The Labute approximate surface area is 114 Å². The van der Waals surface area contributed by atoms with Crippen molar-refractivity contribution in [1.82, 2.24) is 0 Å². The molecule has 100 valence electrons. The fourth-order valence-corrected chi connectivity index (χ4v) is 1.48. The van der Waals surface area contributed by atoms with Crippen LogP contribution in [0.4, 0.5) is 0 Å². The molecule has 0 aliphatic heterocycles. The molecule has 5 nitrogen and oxygen atoms in total. The molecule has 0 bridgehead atoms. The zero-order chi connectivity index (χ0) is 14.4. The van der Waals surface area contributed by atoms with Crippen LogP contribution in [0.3, 0.4) is 0 Å². The summed E-state index contributed by atoms with van der Waals surface area (Å²) in [5.74, 6) is -3.04. The fraction of sp³-hybridized carbons (Fsp3) is 0.154. The number of aliphatic hydroxyl groups excluding tert-OH is 1. The maximum Gasteiger partial charge on any atom is 0.373 e. The van der Waals surface area contributed by atoms with Crippen molar-refractivity contribution in [3.05, 3.63) is 46.7 Å². The number of ether oxygens (including phenoxy) is 1. The maximum absolute atomic E-state index is 11.7. The average Bonchev–Trinajstić information content (AvgIpc) is 2.37. The fourth-order valence-electron chi connectivity index (χ4n) is 1.29. The number of methoxy groups -OCH3 is 1. The largest absolute Gasteiger partial charge is 0.502 e. The van der Waals surface area contributed by atoms with Gasteiger partial charge in [-0.15, -0.1) is 0 Å². The summed E-state index contributed by atoms with van der Waals surface area (Å²) in [6.45, 7) is 0. The van der Waals surface area contributed by atoms with Crippen LogP contribution < -0.4 is 0 Å². The Hall–Kier alpha value is -2.14. The van der Waals surface area contributed by atoms with Gasteiger partial charge >= 0.3 is 5.97 Å². The summed E-state index contributed by atoms with van der Waals surface area (Å²) in [6.07, 6.45) is 0.190. The molecule has 0 spiro atoms. The minimum Gasteiger partial charge on any atom is -0.502 e. The van der Waals surface area contributed by atoms with Crippen molar-refractivity contribution >= 4 is 29.1 Å². The Morgan fingerprint density at radius 1 is 1.37 bits per heavy atom. The summed E-state index contributed by atoms with van der Waals surface area (Å²) in [5, 5.41) is 9.53. The molecule has 0 saturated heterocycles. The molecule has 0 heterocycles. The highest BCUT2D eigenvalue weighted by atomic mass is 35.5. The van der Waals surface area contributed by atoms with Crippen molar-refractivity contribution < 1.29 is 24.2 Å². The molecule has 0 fully saturated rings. The first-order valence-electron chi connectivity index (χ1n) is 5.24. The van der Waals surface area contributed by atoms with E-state index in [1.165, 1.54) is 12.1 Å². The number of carbonyl (C=O) groups is 3. The van der Waals surface area contributed by atoms with Gasteiger partial charge in [0, 0.05) is 16.7 Å². The molecule has 0 radical (unpaired) electrons. The lowest BCUT2D eigenvalue weighted by atomic mass is 10.1. The molecule has 0 atom stereocenters. The Balaban J connectivity index is 2.73. The second-order valence-electron chi connectivity index (χ2n) is 3.60. The van der Waals surface area contributed by atoms with Crippen LogP contribution in [-0.4, -0.2) is 29.8 Å². The Bertz CT molecular complexity index is 548. The number of aliphatic hydroxyl groups is 1. The van der Waals surface area contributed by atoms with Crippen LogP contribution in [0.15, 0.2) is 36.1 Å². The first kappa shape index (κ1) is 14.9. The van der Waals surface area contributed by atoms with E-state index < -0.39 is 29.7 Å². The van der Waals surface area contributed by atoms with Crippen molar-refractivity contribution in [3.8, 4) is 0 Å². The lowest BCUT2D eigenvalue weighted by Gasteiger charge is -2.00. The molecule has 0 aromatic heterocycles. The van der Waals surface area contributed by atoms with Crippen molar-refractivity contribution in [2.75, 3.05) is 7.11 Å². The third kappa shape index (κ3) is 4.56. The van der Waals surface area contributed by atoms with Gasteiger partial charge in [0.2, 0.25) is 5.76 Å². The molecule has 0 saturated carbocycles. The number of halogens is 1. The van der Waals surface area contributed by atoms with Gasteiger partial charge in [0.1, 0.15) is 0 Å². The highest BCUT2D eigenvalue weighted by Crippen LogP contribution is 2.12. The van der Waals surface area contributed by atoms with E-state index in [9.17, 15) is 14.4 Å². The lowest BCUT2D eigenvalue weighted by molar-refractivity contribution is -0.139. The van der Waals surface area contributed by atoms with Gasteiger partial charge in [0.15, 0.2) is 11.6 Å². The molecule has 0 aliphatic carbocycles. The first-order valence-corrected chi connectivity index (χ1v) is 5.62. The van der Waals surface area contributed by atoms with Crippen LogP contribution in [-0.2, 0) is 14.3 Å². The topological polar surface area (TPSA) is 80.7 Å². The normalized spacial score (nSPS) is 10.9. The van der Waals surface area contributed by atoms with Gasteiger partial charge in [0.05, 0.1) is 13.5 Å². The SMILES string of the molecule is COC(=O)/C(O)=C/C(=O)CC(=O)c1cccc(Cl)c1. The molecule has 6 heteroatoms. The zero-order valence-electron chi connectivity index (χ0n) is 10.1. The van der Waals surface area contributed by atoms with E-state index in [-0.39, 0.29) is 5.56 Å². The predicted octanol–water partition coefficient (Wildman–Crippen LogP) is 2.10.